The molecule has 2 heterocycles. The first-order valence-electron chi connectivity index (χ1n) is 8.62. The monoisotopic (exact) mass is 358 g/mol. The standard InChI is InChI=1S/C19H23FN4O2/c1-23(2)16-10-17(22-13-21-16)24-9-5-8-19(12-24,18(25)26)11-14-6-3-4-7-15(14)20/h3-4,6-7,10,13H,5,8-9,11-12H2,1-2H3,(H,25,26)/t19-/m0/s1. The Balaban J connectivity index is 1.89. The third-order valence-corrected chi connectivity index (χ3v) is 4.94. The fourth-order valence-corrected chi connectivity index (χ4v) is 3.48. The van der Waals surface area contributed by atoms with Crippen LogP contribution in [0.25, 0.3) is 0 Å². The molecule has 1 aliphatic heterocycles. The number of nitrogens with zero attached hydrogens (tertiary/aromatic N) is 4. The van der Waals surface area contributed by atoms with Crippen LogP contribution in [0.5, 0.6) is 0 Å². The van der Waals surface area contributed by atoms with Crippen LogP contribution < -0.4 is 9.80 Å². The lowest BCUT2D eigenvalue weighted by molar-refractivity contribution is -0.149. The molecule has 0 radical (unpaired) electrons. The molecule has 1 saturated heterocycles. The van der Waals surface area contributed by atoms with E-state index in [0.29, 0.717) is 30.8 Å². The average molecular weight is 358 g/mol. The second kappa shape index (κ2) is 7.27. The molecule has 2 aromatic rings. The molecule has 1 aromatic carbocycles. The highest BCUT2D eigenvalue weighted by Crippen LogP contribution is 2.36. The first kappa shape index (κ1) is 18.1. The van der Waals surface area contributed by atoms with Gasteiger partial charge in [-0.15, -0.1) is 0 Å². The van der Waals surface area contributed by atoms with Crippen LogP contribution in [0, 0.1) is 11.2 Å². The van der Waals surface area contributed by atoms with Gasteiger partial charge in [-0.25, -0.2) is 14.4 Å². The molecule has 6 nitrogen and oxygen atoms in total. The molecule has 1 aliphatic rings. The molecule has 1 N–H and O–H groups in total. The summed E-state index contributed by atoms with van der Waals surface area (Å²) in [4.78, 5) is 24.5. The highest BCUT2D eigenvalue weighted by molar-refractivity contribution is 5.76. The number of carboxylic acid groups (broad SMARTS) is 1. The van der Waals surface area contributed by atoms with Crippen LogP contribution in [0.2, 0.25) is 0 Å². The number of rotatable bonds is 5. The fraction of sp³-hybridized carbons (Fsp3) is 0.421. The van der Waals surface area contributed by atoms with E-state index < -0.39 is 11.4 Å². The molecule has 26 heavy (non-hydrogen) atoms. The van der Waals surface area contributed by atoms with Gasteiger partial charge in [-0.05, 0) is 30.9 Å². The Morgan fingerprint density at radius 3 is 2.81 bits per heavy atom. The van der Waals surface area contributed by atoms with Crippen LogP contribution in [-0.2, 0) is 11.2 Å². The second-order valence-electron chi connectivity index (χ2n) is 7.01. The van der Waals surface area contributed by atoms with Crippen molar-refractivity contribution in [2.45, 2.75) is 19.3 Å². The zero-order valence-electron chi connectivity index (χ0n) is 15.0. The Kier molecular flexibility index (Phi) is 5.06. The SMILES string of the molecule is CN(C)c1cc(N2CCC[C@@](Cc3ccccc3F)(C(=O)O)C2)ncn1. The van der Waals surface area contributed by atoms with Crippen LogP contribution in [0.15, 0.2) is 36.7 Å². The van der Waals surface area contributed by atoms with Gasteiger partial charge in [0.1, 0.15) is 23.8 Å². The van der Waals surface area contributed by atoms with Gasteiger partial charge in [0.25, 0.3) is 0 Å². The third-order valence-electron chi connectivity index (χ3n) is 4.94. The zero-order valence-corrected chi connectivity index (χ0v) is 15.0. The van der Waals surface area contributed by atoms with Crippen LogP contribution in [0.4, 0.5) is 16.0 Å². The van der Waals surface area contributed by atoms with Crippen molar-refractivity contribution in [3.05, 3.63) is 48.0 Å². The summed E-state index contributed by atoms with van der Waals surface area (Å²) >= 11 is 0. The number of aromatic nitrogens is 2. The van der Waals surface area contributed by atoms with Crippen molar-refractivity contribution in [2.75, 3.05) is 37.0 Å². The minimum absolute atomic E-state index is 0.164. The topological polar surface area (TPSA) is 69.6 Å². The number of aliphatic carboxylic acids is 1. The molecule has 0 aliphatic carbocycles. The predicted molar refractivity (Wildman–Crippen MR) is 98.0 cm³/mol. The number of hydrogen-bond donors (Lipinski definition) is 1. The maximum atomic E-state index is 14.1. The summed E-state index contributed by atoms with van der Waals surface area (Å²) in [6, 6.07) is 8.24. The highest BCUT2D eigenvalue weighted by Gasteiger charge is 2.43. The van der Waals surface area contributed by atoms with Crippen LogP contribution in [0.3, 0.4) is 0 Å². The van der Waals surface area contributed by atoms with Crippen LogP contribution >= 0.6 is 0 Å². The Bertz CT molecular complexity index is 799. The summed E-state index contributed by atoms with van der Waals surface area (Å²) in [5, 5.41) is 9.96. The van der Waals surface area contributed by atoms with E-state index in [1.807, 2.05) is 30.0 Å². The van der Waals surface area contributed by atoms with Crippen molar-refractivity contribution >= 4 is 17.6 Å². The molecule has 138 valence electrons. The van der Waals surface area contributed by atoms with Gasteiger partial charge in [-0.3, -0.25) is 4.79 Å². The van der Waals surface area contributed by atoms with Crippen molar-refractivity contribution in [1.29, 1.82) is 0 Å². The maximum absolute atomic E-state index is 14.1. The van der Waals surface area contributed by atoms with E-state index in [4.69, 9.17) is 0 Å². The Morgan fingerprint density at radius 2 is 2.12 bits per heavy atom. The second-order valence-corrected chi connectivity index (χ2v) is 7.01. The van der Waals surface area contributed by atoms with Crippen molar-refractivity contribution in [3.8, 4) is 0 Å². The summed E-state index contributed by atoms with van der Waals surface area (Å²) in [5.74, 6) is 0.202. The number of hydrogen-bond acceptors (Lipinski definition) is 5. The van der Waals surface area contributed by atoms with E-state index >= 15 is 0 Å². The van der Waals surface area contributed by atoms with Gasteiger partial charge in [0.2, 0.25) is 0 Å². The highest BCUT2D eigenvalue weighted by atomic mass is 19.1. The van der Waals surface area contributed by atoms with E-state index in [9.17, 15) is 14.3 Å². The number of benzene rings is 1. The van der Waals surface area contributed by atoms with Gasteiger partial charge in [0.05, 0.1) is 5.41 Å². The molecule has 0 saturated carbocycles. The molecule has 1 aromatic heterocycles. The lowest BCUT2D eigenvalue weighted by Gasteiger charge is -2.40. The maximum Gasteiger partial charge on any atom is 0.311 e. The number of carboxylic acids is 1. The van der Waals surface area contributed by atoms with Gasteiger partial charge < -0.3 is 14.9 Å². The summed E-state index contributed by atoms with van der Waals surface area (Å²) in [5.41, 5.74) is -0.600. The fourth-order valence-electron chi connectivity index (χ4n) is 3.48. The van der Waals surface area contributed by atoms with Crippen LogP contribution in [-0.4, -0.2) is 48.2 Å². The van der Waals surface area contributed by atoms with Gasteiger partial charge in [0, 0.05) is 33.3 Å². The molecular formula is C19H23FN4O2. The van der Waals surface area contributed by atoms with Crippen molar-refractivity contribution < 1.29 is 14.3 Å². The number of carbonyl (C=O) groups is 1. The first-order chi connectivity index (χ1) is 12.4. The van der Waals surface area contributed by atoms with E-state index in [2.05, 4.69) is 9.97 Å². The largest absolute Gasteiger partial charge is 0.481 e. The van der Waals surface area contributed by atoms with E-state index in [-0.39, 0.29) is 12.2 Å². The summed E-state index contributed by atoms with van der Waals surface area (Å²) < 4.78 is 14.1. The van der Waals surface area contributed by atoms with Crippen molar-refractivity contribution in [3.63, 3.8) is 0 Å². The van der Waals surface area contributed by atoms with E-state index in [1.54, 1.807) is 18.2 Å². The molecule has 1 fully saturated rings. The molecule has 3 rings (SSSR count). The third kappa shape index (κ3) is 3.61. The number of halogens is 1. The molecule has 1 atom stereocenters. The number of anilines is 2. The summed E-state index contributed by atoms with van der Waals surface area (Å²) in [7, 11) is 3.78. The summed E-state index contributed by atoms with van der Waals surface area (Å²) in [6.45, 7) is 1.01. The normalized spacial score (nSPS) is 20.0. The average Bonchev–Trinajstić information content (AvgIpc) is 2.64. The molecule has 0 unspecified atom stereocenters. The van der Waals surface area contributed by atoms with Crippen LogP contribution in [0.1, 0.15) is 18.4 Å². The van der Waals surface area contributed by atoms with Gasteiger partial charge in [0.15, 0.2) is 0 Å². The van der Waals surface area contributed by atoms with Crippen molar-refractivity contribution in [2.24, 2.45) is 5.41 Å². The predicted octanol–water partition coefficient (Wildman–Crippen LogP) is 2.60. The Hall–Kier alpha value is -2.70. The van der Waals surface area contributed by atoms with Gasteiger partial charge >= 0.3 is 5.97 Å². The minimum atomic E-state index is -1.04. The molecule has 7 heteroatoms. The lowest BCUT2D eigenvalue weighted by atomic mass is 9.75. The van der Waals surface area contributed by atoms with Gasteiger partial charge in [-0.2, -0.15) is 0 Å². The van der Waals surface area contributed by atoms with E-state index in [1.165, 1.54) is 12.4 Å². The summed E-state index contributed by atoms with van der Waals surface area (Å²) in [6.07, 6.45) is 2.87. The Morgan fingerprint density at radius 1 is 1.35 bits per heavy atom. The molecule has 0 spiro atoms. The molecular weight excluding hydrogens is 335 g/mol. The van der Waals surface area contributed by atoms with E-state index in [0.717, 1.165) is 12.4 Å². The van der Waals surface area contributed by atoms with Gasteiger partial charge in [-0.1, -0.05) is 18.2 Å². The Labute approximate surface area is 152 Å². The first-order valence-corrected chi connectivity index (χ1v) is 8.62. The van der Waals surface area contributed by atoms with Crippen molar-refractivity contribution in [1.82, 2.24) is 9.97 Å². The minimum Gasteiger partial charge on any atom is -0.481 e. The smallest absolute Gasteiger partial charge is 0.311 e. The number of piperidine rings is 1. The quantitative estimate of drug-likeness (QED) is 0.886. The zero-order chi connectivity index (χ0) is 18.7. The molecule has 0 bridgehead atoms. The lowest BCUT2D eigenvalue weighted by Crippen LogP contribution is -2.49. The molecule has 0 amide bonds.